The van der Waals surface area contributed by atoms with Crippen LogP contribution in [0.25, 0.3) is 11.1 Å². The highest BCUT2D eigenvalue weighted by molar-refractivity contribution is 5.92. The van der Waals surface area contributed by atoms with Gasteiger partial charge in [0, 0.05) is 6.07 Å². The average molecular weight is 631 g/mol. The van der Waals surface area contributed by atoms with E-state index in [0.717, 1.165) is 60.8 Å². The number of alkyl halides is 3. The number of halogens is 4. The van der Waals surface area contributed by atoms with Gasteiger partial charge < -0.3 is 14.2 Å². The summed E-state index contributed by atoms with van der Waals surface area (Å²) in [6, 6.07) is 17.2. The predicted octanol–water partition coefficient (Wildman–Crippen LogP) is 10.5. The second-order valence-corrected chi connectivity index (χ2v) is 11.0. The minimum atomic E-state index is -4.77. The number of ether oxygens (including phenoxy) is 3. The number of hydrogen-bond acceptors (Lipinski definition) is 5. The number of rotatable bonds is 18. The van der Waals surface area contributed by atoms with Gasteiger partial charge in [-0.2, -0.15) is 13.2 Å². The van der Waals surface area contributed by atoms with Gasteiger partial charge in [-0.25, -0.2) is 14.0 Å². The van der Waals surface area contributed by atoms with E-state index >= 15 is 0 Å². The highest BCUT2D eigenvalue weighted by Gasteiger charge is 2.42. The lowest BCUT2D eigenvalue weighted by molar-refractivity contribution is -0.206. The van der Waals surface area contributed by atoms with E-state index in [-0.39, 0.29) is 17.7 Å². The highest BCUT2D eigenvalue weighted by atomic mass is 19.4. The second kappa shape index (κ2) is 18.2. The first-order valence-corrected chi connectivity index (χ1v) is 15.7. The van der Waals surface area contributed by atoms with Crippen LogP contribution in [0.1, 0.15) is 105 Å². The first-order chi connectivity index (χ1) is 21.6. The van der Waals surface area contributed by atoms with Crippen molar-refractivity contribution in [3.8, 4) is 22.6 Å². The molecular formula is C36H42F4O5. The first-order valence-electron chi connectivity index (χ1n) is 15.7. The van der Waals surface area contributed by atoms with Gasteiger partial charge in [0.15, 0.2) is 6.10 Å². The van der Waals surface area contributed by atoms with Gasteiger partial charge in [0.1, 0.15) is 17.3 Å². The Morgan fingerprint density at radius 2 is 1.24 bits per heavy atom. The molecule has 244 valence electrons. The van der Waals surface area contributed by atoms with Crippen LogP contribution in [0.2, 0.25) is 0 Å². The highest BCUT2D eigenvalue weighted by Crippen LogP contribution is 2.29. The summed E-state index contributed by atoms with van der Waals surface area (Å²) in [7, 11) is 0. The molecule has 3 aromatic carbocycles. The zero-order valence-corrected chi connectivity index (χ0v) is 26.0. The fraction of sp³-hybridized carbons (Fsp3) is 0.444. The molecule has 0 fully saturated rings. The summed E-state index contributed by atoms with van der Waals surface area (Å²) in [6.07, 6.45) is 2.08. The van der Waals surface area contributed by atoms with Gasteiger partial charge in [-0.3, -0.25) is 0 Å². The number of carbonyl (C=O) groups excluding carboxylic acids is 2. The van der Waals surface area contributed by atoms with Crippen LogP contribution in [-0.2, 0) is 4.74 Å². The van der Waals surface area contributed by atoms with Crippen molar-refractivity contribution in [2.75, 3.05) is 6.61 Å². The molecule has 0 aromatic heterocycles. The monoisotopic (exact) mass is 630 g/mol. The van der Waals surface area contributed by atoms with E-state index < -0.39 is 42.0 Å². The van der Waals surface area contributed by atoms with Crippen LogP contribution in [0.4, 0.5) is 17.6 Å². The average Bonchev–Trinajstić information content (AvgIpc) is 3.02. The van der Waals surface area contributed by atoms with Gasteiger partial charge in [-0.1, -0.05) is 89.5 Å². The molecule has 0 saturated carbocycles. The molecule has 0 spiro atoms. The van der Waals surface area contributed by atoms with E-state index in [0.29, 0.717) is 13.0 Å². The Kier molecular flexibility index (Phi) is 14.4. The lowest BCUT2D eigenvalue weighted by Gasteiger charge is -2.21. The molecule has 5 nitrogen and oxygen atoms in total. The van der Waals surface area contributed by atoms with Crippen LogP contribution < -0.4 is 9.47 Å². The summed E-state index contributed by atoms with van der Waals surface area (Å²) in [5.41, 5.74) is 1.32. The zero-order chi connectivity index (χ0) is 32.7. The quantitative estimate of drug-likeness (QED) is 0.0606. The standard InChI is InChI=1S/C36H42F4O5/c1-3-5-7-9-10-12-24-43-29-20-18-27(19-21-29)26-14-16-28(17-15-26)34(41)44-30-22-23-31(32(37)25-30)35(42)45-33(36(38,39)40)13-11-8-6-4-2/h14-23,25,33H,3-13,24H2,1-2H3. The summed E-state index contributed by atoms with van der Waals surface area (Å²) in [5, 5.41) is 0. The minimum absolute atomic E-state index is 0.206. The molecule has 0 heterocycles. The van der Waals surface area contributed by atoms with Crippen molar-refractivity contribution in [1.29, 1.82) is 0 Å². The molecule has 0 amide bonds. The Labute approximate surface area is 262 Å². The number of hydrogen-bond donors (Lipinski definition) is 0. The van der Waals surface area contributed by atoms with Crippen molar-refractivity contribution >= 4 is 11.9 Å². The lowest BCUT2D eigenvalue weighted by Crippen LogP contribution is -2.34. The fourth-order valence-corrected chi connectivity index (χ4v) is 4.74. The largest absolute Gasteiger partial charge is 0.494 e. The smallest absolute Gasteiger partial charge is 0.425 e. The fourth-order valence-electron chi connectivity index (χ4n) is 4.74. The maximum Gasteiger partial charge on any atom is 0.425 e. The SMILES string of the molecule is CCCCCCCCOc1ccc(-c2ccc(C(=O)Oc3ccc(C(=O)OC(CCCCCC)C(F)(F)F)c(F)c3)cc2)cc1. The molecule has 0 aliphatic carbocycles. The van der Waals surface area contributed by atoms with Crippen LogP contribution in [-0.4, -0.2) is 30.8 Å². The molecule has 1 unspecified atom stereocenters. The van der Waals surface area contributed by atoms with Crippen molar-refractivity contribution in [3.05, 3.63) is 83.7 Å². The van der Waals surface area contributed by atoms with Crippen molar-refractivity contribution < 1.29 is 41.4 Å². The molecule has 9 heteroatoms. The van der Waals surface area contributed by atoms with Crippen molar-refractivity contribution in [2.45, 2.75) is 96.8 Å². The van der Waals surface area contributed by atoms with Gasteiger partial charge in [0.05, 0.1) is 17.7 Å². The van der Waals surface area contributed by atoms with Crippen LogP contribution in [0.3, 0.4) is 0 Å². The molecule has 3 aromatic rings. The van der Waals surface area contributed by atoms with Crippen LogP contribution in [0, 0.1) is 5.82 Å². The topological polar surface area (TPSA) is 61.8 Å². The summed E-state index contributed by atoms with van der Waals surface area (Å²) in [6.45, 7) is 4.80. The molecule has 0 bridgehead atoms. The second-order valence-electron chi connectivity index (χ2n) is 11.0. The minimum Gasteiger partial charge on any atom is -0.494 e. The molecule has 0 radical (unpaired) electrons. The van der Waals surface area contributed by atoms with Gasteiger partial charge >= 0.3 is 18.1 Å². The summed E-state index contributed by atoms with van der Waals surface area (Å²) >= 11 is 0. The summed E-state index contributed by atoms with van der Waals surface area (Å²) in [5.74, 6) is -2.77. The molecule has 0 N–H and O–H groups in total. The Hall–Kier alpha value is -3.88. The van der Waals surface area contributed by atoms with Crippen molar-refractivity contribution in [2.24, 2.45) is 0 Å². The Balaban J connectivity index is 1.53. The van der Waals surface area contributed by atoms with E-state index in [9.17, 15) is 27.2 Å². The van der Waals surface area contributed by atoms with Crippen LogP contribution in [0.15, 0.2) is 66.7 Å². The van der Waals surface area contributed by atoms with E-state index in [1.165, 1.54) is 25.7 Å². The van der Waals surface area contributed by atoms with Crippen LogP contribution in [0.5, 0.6) is 11.5 Å². The maximum absolute atomic E-state index is 14.7. The zero-order valence-electron chi connectivity index (χ0n) is 26.0. The molecule has 3 rings (SSSR count). The number of benzene rings is 3. The van der Waals surface area contributed by atoms with E-state index in [2.05, 4.69) is 11.7 Å². The number of unbranched alkanes of at least 4 members (excludes halogenated alkanes) is 8. The maximum atomic E-state index is 14.7. The Morgan fingerprint density at radius 1 is 0.689 bits per heavy atom. The summed E-state index contributed by atoms with van der Waals surface area (Å²) < 4.78 is 70.5. The molecule has 1 atom stereocenters. The third-order valence-corrected chi connectivity index (χ3v) is 7.38. The number of carbonyl (C=O) groups is 2. The van der Waals surface area contributed by atoms with E-state index in [4.69, 9.17) is 9.47 Å². The number of esters is 2. The van der Waals surface area contributed by atoms with E-state index in [1.54, 1.807) is 24.3 Å². The normalized spacial score (nSPS) is 12.0. The van der Waals surface area contributed by atoms with Crippen molar-refractivity contribution in [3.63, 3.8) is 0 Å². The molecule has 0 aliphatic heterocycles. The predicted molar refractivity (Wildman–Crippen MR) is 166 cm³/mol. The van der Waals surface area contributed by atoms with E-state index in [1.807, 2.05) is 31.2 Å². The van der Waals surface area contributed by atoms with Crippen molar-refractivity contribution in [1.82, 2.24) is 0 Å². The van der Waals surface area contributed by atoms with Gasteiger partial charge in [0.2, 0.25) is 0 Å². The third kappa shape index (κ3) is 11.9. The molecular weight excluding hydrogens is 588 g/mol. The Bertz CT molecular complexity index is 1340. The van der Waals surface area contributed by atoms with Gasteiger partial charge in [-0.15, -0.1) is 0 Å². The lowest BCUT2D eigenvalue weighted by atomic mass is 10.0. The molecule has 0 aliphatic rings. The molecule has 45 heavy (non-hydrogen) atoms. The summed E-state index contributed by atoms with van der Waals surface area (Å²) in [4.78, 5) is 25.0. The van der Waals surface area contributed by atoms with Crippen LogP contribution >= 0.6 is 0 Å². The van der Waals surface area contributed by atoms with Gasteiger partial charge in [0.25, 0.3) is 0 Å². The van der Waals surface area contributed by atoms with Gasteiger partial charge in [-0.05, 0) is 66.8 Å². The third-order valence-electron chi connectivity index (χ3n) is 7.38. The Morgan fingerprint density at radius 3 is 1.84 bits per heavy atom. The molecule has 0 saturated heterocycles. The first kappa shape index (κ1) is 35.6.